The van der Waals surface area contributed by atoms with E-state index in [4.69, 9.17) is 20.0 Å². The fraction of sp³-hybridized carbons (Fsp3) is 0.486. The molecule has 1 saturated heterocycles. The first-order valence-corrected chi connectivity index (χ1v) is 24.8. The van der Waals surface area contributed by atoms with Gasteiger partial charge >= 0.3 is 23.5 Å². The minimum Gasteiger partial charge on any atom is -0.387 e. The van der Waals surface area contributed by atoms with E-state index in [2.05, 4.69) is 55.0 Å². The number of anilines is 2. The number of ether oxygens (including phenoxy) is 1. The topological polar surface area (TPSA) is 336 Å². The Morgan fingerprint density at radius 2 is 1.71 bits per heavy atom. The lowest BCUT2D eigenvalue weighted by molar-refractivity contribution is -0.121. The summed E-state index contributed by atoms with van der Waals surface area (Å²) in [6.45, 7) is -0.327. The number of carbonyl (C=O) groups is 1. The Kier molecular flexibility index (Phi) is 15.7. The highest BCUT2D eigenvalue weighted by Crippen LogP contribution is 2.67. The van der Waals surface area contributed by atoms with E-state index in [0.29, 0.717) is 45.2 Å². The van der Waals surface area contributed by atoms with Gasteiger partial charge in [0.15, 0.2) is 17.4 Å². The van der Waals surface area contributed by atoms with Crippen molar-refractivity contribution in [1.29, 1.82) is 0 Å². The first kappa shape index (κ1) is 48.4. The number of rotatable bonds is 21. The van der Waals surface area contributed by atoms with Gasteiger partial charge in [-0.15, -0.1) is 11.3 Å². The van der Waals surface area contributed by atoms with Crippen molar-refractivity contribution in [1.82, 2.24) is 34.4 Å². The van der Waals surface area contributed by atoms with Gasteiger partial charge in [0.05, 0.1) is 40.3 Å². The summed E-state index contributed by atoms with van der Waals surface area (Å²) in [6.07, 6.45) is -2.48. The molecule has 0 spiro atoms. The fourth-order valence-corrected chi connectivity index (χ4v) is 11.1. The lowest BCUT2D eigenvalue weighted by atomic mass is 10.1. The summed E-state index contributed by atoms with van der Waals surface area (Å²) in [5.41, 5.74) is 7.49. The molecule has 1 fully saturated rings. The quantitative estimate of drug-likeness (QED) is 0.0226. The van der Waals surface area contributed by atoms with Crippen molar-refractivity contribution in [2.75, 3.05) is 58.1 Å². The SMILES string of the molecule is CN(CCCC(=O)NCCCCCCOP(=O)(O)OP(=O)(O)OP(=O)(O)OC[C@H]1O[C@@H](n2cnc3c(=O)[nH]c(N)nc32)[C@H](O)[C@@H]1O)c1ccc2nc3ccc(=[N+](C)C)cc-3sc2c1. The number of aromatic amines is 1. The second-order valence-corrected chi connectivity index (χ2v) is 20.4. The number of aliphatic hydroxyl groups is 2. The van der Waals surface area contributed by atoms with Crippen molar-refractivity contribution in [2.24, 2.45) is 0 Å². The van der Waals surface area contributed by atoms with E-state index >= 15 is 0 Å². The van der Waals surface area contributed by atoms with Crippen LogP contribution in [0.2, 0.25) is 0 Å². The number of nitrogens with zero attached hydrogens (tertiary/aromatic N) is 6. The van der Waals surface area contributed by atoms with Gasteiger partial charge in [0.1, 0.15) is 32.4 Å². The van der Waals surface area contributed by atoms with Crippen LogP contribution in [0.5, 0.6) is 0 Å². The van der Waals surface area contributed by atoms with Gasteiger partial charge in [0, 0.05) is 44.4 Å². The predicted octanol–water partition coefficient (Wildman–Crippen LogP) is 2.03. The molecule has 4 heterocycles. The highest BCUT2D eigenvalue weighted by molar-refractivity contribution is 7.66. The van der Waals surface area contributed by atoms with Gasteiger partial charge in [0.25, 0.3) is 5.56 Å². The highest BCUT2D eigenvalue weighted by atomic mass is 32.1. The lowest BCUT2D eigenvalue weighted by Crippen LogP contribution is -2.33. The molecule has 0 saturated carbocycles. The molecule has 1 aromatic carbocycles. The monoisotopic (exact) mass is 960 g/mol. The first-order chi connectivity index (χ1) is 29.7. The van der Waals surface area contributed by atoms with E-state index in [1.54, 1.807) is 11.3 Å². The molecule has 9 N–H and O–H groups in total. The van der Waals surface area contributed by atoms with Crippen molar-refractivity contribution in [3.8, 4) is 10.6 Å². The van der Waals surface area contributed by atoms with Gasteiger partial charge in [-0.1, -0.05) is 12.8 Å². The van der Waals surface area contributed by atoms with E-state index in [-0.39, 0.29) is 29.4 Å². The van der Waals surface area contributed by atoms with Crippen molar-refractivity contribution < 1.29 is 65.8 Å². The van der Waals surface area contributed by atoms with Crippen LogP contribution in [0.25, 0.3) is 32.0 Å². The Morgan fingerprint density at radius 3 is 2.46 bits per heavy atom. The number of nitrogen functional groups attached to an aromatic ring is 1. The molecule has 28 heteroatoms. The maximum Gasteiger partial charge on any atom is 0.490 e. The number of amides is 1. The lowest BCUT2D eigenvalue weighted by Gasteiger charge is -2.20. The third-order valence-electron chi connectivity index (χ3n) is 9.73. The number of phosphoric ester groups is 2. The van der Waals surface area contributed by atoms with Gasteiger partial charge in [-0.2, -0.15) is 13.6 Å². The minimum absolute atomic E-state index is 0.0909. The number of nitrogens with one attached hydrogen (secondary N) is 2. The van der Waals surface area contributed by atoms with Gasteiger partial charge < -0.3 is 45.6 Å². The summed E-state index contributed by atoms with van der Waals surface area (Å²) in [5, 5.41) is 25.0. The minimum atomic E-state index is -5.78. The Hall–Kier alpha value is -4.03. The molecule has 0 radical (unpaired) electrons. The number of carbonyl (C=O) groups excluding carboxylic acids is 1. The molecule has 3 aliphatic rings. The van der Waals surface area contributed by atoms with E-state index in [9.17, 15) is 48.2 Å². The van der Waals surface area contributed by atoms with Crippen molar-refractivity contribution in [3.63, 3.8) is 0 Å². The third-order valence-corrected chi connectivity index (χ3v) is 15.1. The van der Waals surface area contributed by atoms with Crippen LogP contribution < -0.4 is 31.4 Å². The number of aliphatic hydroxyl groups excluding tert-OH is 2. The van der Waals surface area contributed by atoms with Gasteiger partial charge in [-0.05, 0) is 43.5 Å². The number of benzene rings is 2. The van der Waals surface area contributed by atoms with E-state index in [1.807, 2.05) is 45.4 Å². The Bertz CT molecular complexity index is 2680. The number of nitrogens with two attached hydrogens (primary N) is 1. The molecule has 3 unspecified atom stereocenters. The smallest absolute Gasteiger partial charge is 0.387 e. The maximum atomic E-state index is 12.4. The van der Waals surface area contributed by atoms with Crippen LogP contribution in [0.4, 0.5) is 11.6 Å². The molecule has 24 nitrogen and oxygen atoms in total. The first-order valence-electron chi connectivity index (χ1n) is 19.5. The van der Waals surface area contributed by atoms with E-state index < -0.39 is 66.8 Å². The molecule has 344 valence electrons. The number of hydrogen-bond donors (Lipinski definition) is 8. The van der Waals surface area contributed by atoms with Crippen LogP contribution >= 0.6 is 34.8 Å². The van der Waals surface area contributed by atoms with E-state index in [0.717, 1.165) is 42.7 Å². The zero-order valence-electron chi connectivity index (χ0n) is 34.3. The summed E-state index contributed by atoms with van der Waals surface area (Å²) in [6, 6.07) is 12.3. The fourth-order valence-electron chi connectivity index (χ4n) is 6.52. The van der Waals surface area contributed by atoms with Crippen LogP contribution in [0.1, 0.15) is 44.8 Å². The zero-order valence-corrected chi connectivity index (χ0v) is 37.8. The number of hydrogen-bond acceptors (Lipinski definition) is 18. The normalized spacial score (nSPS) is 20.7. The van der Waals surface area contributed by atoms with Gasteiger partial charge in [-0.3, -0.25) is 28.2 Å². The van der Waals surface area contributed by atoms with Crippen LogP contribution in [0.3, 0.4) is 0 Å². The molecular weight excluding hydrogens is 911 g/mol. The summed E-state index contributed by atoms with van der Waals surface area (Å²) in [5.74, 6) is -0.369. The average molecular weight is 961 g/mol. The largest absolute Gasteiger partial charge is 0.490 e. The second-order valence-electron chi connectivity index (χ2n) is 14.7. The zero-order chi connectivity index (χ0) is 45.7. The van der Waals surface area contributed by atoms with Crippen molar-refractivity contribution in [2.45, 2.75) is 63.1 Å². The molecule has 3 aromatic rings. The van der Waals surface area contributed by atoms with Crippen LogP contribution in [0, 0.1) is 0 Å². The van der Waals surface area contributed by atoms with E-state index in [1.165, 1.54) is 0 Å². The second kappa shape index (κ2) is 20.4. The Morgan fingerprint density at radius 1 is 0.984 bits per heavy atom. The summed E-state index contributed by atoms with van der Waals surface area (Å²) >= 11 is 1.69. The summed E-state index contributed by atoms with van der Waals surface area (Å²) < 4.78 is 64.3. The van der Waals surface area contributed by atoms with Crippen molar-refractivity contribution in [3.05, 3.63) is 58.4 Å². The molecule has 1 aliphatic carbocycles. The molecule has 2 aliphatic heterocycles. The Balaban J connectivity index is 0.839. The molecule has 6 rings (SSSR count). The summed E-state index contributed by atoms with van der Waals surface area (Å²) in [7, 11) is -10.7. The number of H-pyrrole nitrogens is 1. The average Bonchev–Trinajstić information content (AvgIpc) is 3.75. The van der Waals surface area contributed by atoms with Crippen molar-refractivity contribution >= 4 is 73.7 Å². The standard InChI is InChI=1S/C35H48N9O15P3S/c1-42(2)21-10-12-23-26(17-21)63-27-18-22(11-13-24(27)39-23)43(3)15-8-9-28(45)37-14-6-4-5-7-16-55-60(49,50)58-62(53,54)59-61(51,52)56-19-25-30(46)31(47)34(57-25)44-20-38-29-32(44)40-35(36)41-33(29)48/h10-13,17-18,20,25,30-31,34,46-47H,4-9,14-16,19H2,1-3H3,(H6-,36,37,40,41,45,48,49,50,51,52,53,54)/p+1/t25-,30-,31-,34-/m1/s1. The number of aromatic nitrogens is 5. The molecule has 63 heavy (non-hydrogen) atoms. The third kappa shape index (κ3) is 12.8. The molecule has 7 atom stereocenters. The molecule has 1 amide bonds. The molecule has 0 bridgehead atoms. The number of unbranched alkanes of at least 4 members (excludes halogenated alkanes) is 3. The number of phosphoric acid groups is 3. The highest BCUT2D eigenvalue weighted by Gasteiger charge is 2.47. The van der Waals surface area contributed by atoms with Gasteiger partial charge in [0.2, 0.25) is 17.2 Å². The van der Waals surface area contributed by atoms with Crippen LogP contribution in [0.15, 0.2) is 47.5 Å². The molecule has 2 aromatic heterocycles. The number of imidazole rings is 1. The van der Waals surface area contributed by atoms with Crippen LogP contribution in [-0.4, -0.2) is 121 Å². The maximum absolute atomic E-state index is 12.4. The molecular formula is C35H49N9O15P3S+. The van der Waals surface area contributed by atoms with Gasteiger partial charge in [-0.25, -0.2) is 28.2 Å². The summed E-state index contributed by atoms with van der Waals surface area (Å²) in [4.78, 5) is 72.4. The number of fused-ring (bicyclic) bond motifs is 3. The predicted molar refractivity (Wildman–Crippen MR) is 229 cm³/mol. The van der Waals surface area contributed by atoms with Crippen LogP contribution in [-0.2, 0) is 40.9 Å². The Labute approximate surface area is 363 Å².